The van der Waals surface area contributed by atoms with Crippen LogP contribution < -0.4 is 10.0 Å². The van der Waals surface area contributed by atoms with E-state index in [1.807, 2.05) is 5.38 Å². The van der Waals surface area contributed by atoms with Crippen molar-refractivity contribution in [3.8, 4) is 0 Å². The van der Waals surface area contributed by atoms with Gasteiger partial charge in [0.2, 0.25) is 10.0 Å². The molecule has 12 heteroatoms. The van der Waals surface area contributed by atoms with E-state index in [0.717, 1.165) is 18.4 Å². The van der Waals surface area contributed by atoms with Crippen LogP contribution in [0.5, 0.6) is 0 Å². The molecule has 0 spiro atoms. The van der Waals surface area contributed by atoms with E-state index in [1.54, 1.807) is 19.1 Å². The lowest BCUT2D eigenvalue weighted by molar-refractivity contribution is -0.119. The molecule has 1 aromatic carbocycles. The van der Waals surface area contributed by atoms with Crippen LogP contribution in [-0.4, -0.2) is 39.5 Å². The Hall–Kier alpha value is -3.48. The van der Waals surface area contributed by atoms with Gasteiger partial charge in [-0.2, -0.15) is 0 Å². The standard InChI is InChI=1S/C24H24N2O8S2/c1-2-32-24(29)21-19(15-5-6-15)14-35-22(21)26-20(27)13-34-23(28)16-7-9-18(10-8-16)36(30,31)25-12-17-4-3-11-33-17/h3-4,7-11,14-15,25H,2,5-6,12-13H2,1H3,(H,26,27). The SMILES string of the molecule is CCOC(=O)c1c(C2CC2)csc1NC(=O)COC(=O)c1ccc(S(=O)(=O)NCc2ccco2)cc1. The van der Waals surface area contributed by atoms with E-state index in [1.165, 1.54) is 41.9 Å². The minimum atomic E-state index is -3.82. The number of hydrogen-bond acceptors (Lipinski definition) is 9. The van der Waals surface area contributed by atoms with Crippen LogP contribution in [-0.2, 0) is 30.8 Å². The molecule has 0 aliphatic heterocycles. The molecule has 1 aliphatic rings. The molecule has 1 fully saturated rings. The highest BCUT2D eigenvalue weighted by molar-refractivity contribution is 7.89. The minimum absolute atomic E-state index is 0.0154. The second-order valence-electron chi connectivity index (χ2n) is 7.94. The lowest BCUT2D eigenvalue weighted by Gasteiger charge is -2.09. The van der Waals surface area contributed by atoms with Gasteiger partial charge in [0.15, 0.2) is 6.61 Å². The van der Waals surface area contributed by atoms with Gasteiger partial charge in [-0.25, -0.2) is 22.7 Å². The summed E-state index contributed by atoms with van der Waals surface area (Å²) in [7, 11) is -3.82. The number of carbonyl (C=O) groups is 3. The number of ether oxygens (including phenoxy) is 2. The molecular weight excluding hydrogens is 508 g/mol. The Balaban J connectivity index is 1.32. The van der Waals surface area contributed by atoms with E-state index in [-0.39, 0.29) is 29.5 Å². The fourth-order valence-corrected chi connectivity index (χ4v) is 5.42. The molecule has 0 atom stereocenters. The van der Waals surface area contributed by atoms with Gasteiger partial charge in [-0.15, -0.1) is 11.3 Å². The van der Waals surface area contributed by atoms with Crippen LogP contribution in [0.1, 0.15) is 57.7 Å². The number of carbonyl (C=O) groups excluding carboxylic acids is 3. The number of nitrogens with one attached hydrogen (secondary N) is 2. The fourth-order valence-electron chi connectivity index (χ4n) is 3.38. The third-order valence-electron chi connectivity index (χ3n) is 5.32. The van der Waals surface area contributed by atoms with Crippen LogP contribution in [0.25, 0.3) is 0 Å². The molecule has 2 aromatic heterocycles. The molecule has 10 nitrogen and oxygen atoms in total. The van der Waals surface area contributed by atoms with Crippen LogP contribution in [0.2, 0.25) is 0 Å². The average molecular weight is 533 g/mol. The summed E-state index contributed by atoms with van der Waals surface area (Å²) in [5.74, 6) is -1.16. The average Bonchev–Trinajstić information content (AvgIpc) is 3.40. The molecule has 1 amide bonds. The summed E-state index contributed by atoms with van der Waals surface area (Å²) in [6.07, 6.45) is 3.40. The van der Waals surface area contributed by atoms with E-state index < -0.39 is 34.5 Å². The Kier molecular flexibility index (Phi) is 7.87. The highest BCUT2D eigenvalue weighted by Crippen LogP contribution is 2.46. The number of rotatable bonds is 11. The highest BCUT2D eigenvalue weighted by Gasteiger charge is 2.32. The molecule has 2 N–H and O–H groups in total. The lowest BCUT2D eigenvalue weighted by Crippen LogP contribution is -2.23. The van der Waals surface area contributed by atoms with Gasteiger partial charge < -0.3 is 19.2 Å². The smallest absolute Gasteiger partial charge is 0.341 e. The normalized spacial score (nSPS) is 13.2. The molecule has 36 heavy (non-hydrogen) atoms. The molecule has 190 valence electrons. The Morgan fingerprint density at radius 1 is 1.08 bits per heavy atom. The van der Waals surface area contributed by atoms with Crippen molar-refractivity contribution in [2.45, 2.75) is 37.1 Å². The fraction of sp³-hybridized carbons (Fsp3) is 0.292. The zero-order valence-electron chi connectivity index (χ0n) is 19.3. The van der Waals surface area contributed by atoms with Gasteiger partial charge in [0.25, 0.3) is 5.91 Å². The van der Waals surface area contributed by atoms with Crippen LogP contribution in [0, 0.1) is 0 Å². The van der Waals surface area contributed by atoms with E-state index in [4.69, 9.17) is 13.9 Å². The van der Waals surface area contributed by atoms with E-state index in [9.17, 15) is 22.8 Å². The number of anilines is 1. The molecule has 1 aliphatic carbocycles. The zero-order valence-corrected chi connectivity index (χ0v) is 20.9. The molecule has 0 bridgehead atoms. The van der Waals surface area contributed by atoms with Crippen LogP contribution >= 0.6 is 11.3 Å². The first-order chi connectivity index (χ1) is 17.3. The van der Waals surface area contributed by atoms with Crippen molar-refractivity contribution in [3.63, 3.8) is 0 Å². The topological polar surface area (TPSA) is 141 Å². The molecule has 2 heterocycles. The lowest BCUT2D eigenvalue weighted by atomic mass is 10.1. The van der Waals surface area contributed by atoms with Crippen molar-refractivity contribution in [2.24, 2.45) is 0 Å². The van der Waals surface area contributed by atoms with Gasteiger partial charge >= 0.3 is 11.9 Å². The van der Waals surface area contributed by atoms with Crippen molar-refractivity contribution in [1.29, 1.82) is 0 Å². The third kappa shape index (κ3) is 6.20. The van der Waals surface area contributed by atoms with Gasteiger partial charge in [-0.05, 0) is 73.0 Å². The number of furan rings is 1. The zero-order chi connectivity index (χ0) is 25.7. The maximum Gasteiger partial charge on any atom is 0.341 e. The van der Waals surface area contributed by atoms with E-state index in [2.05, 4.69) is 10.0 Å². The van der Waals surface area contributed by atoms with Crippen molar-refractivity contribution in [3.05, 3.63) is 70.5 Å². The van der Waals surface area contributed by atoms with Crippen LogP contribution in [0.4, 0.5) is 5.00 Å². The Morgan fingerprint density at radius 3 is 2.47 bits per heavy atom. The Morgan fingerprint density at radius 2 is 1.83 bits per heavy atom. The largest absolute Gasteiger partial charge is 0.468 e. The molecule has 0 unspecified atom stereocenters. The first-order valence-electron chi connectivity index (χ1n) is 11.2. The van der Waals surface area contributed by atoms with Gasteiger partial charge in [-0.1, -0.05) is 0 Å². The number of esters is 2. The van der Waals surface area contributed by atoms with Crippen LogP contribution in [0.3, 0.4) is 0 Å². The number of hydrogen-bond donors (Lipinski definition) is 2. The molecule has 3 aromatic rings. The molecule has 0 saturated heterocycles. The molecule has 4 rings (SSSR count). The summed E-state index contributed by atoms with van der Waals surface area (Å²) < 4.78 is 42.5. The van der Waals surface area contributed by atoms with Gasteiger partial charge in [0, 0.05) is 0 Å². The summed E-state index contributed by atoms with van der Waals surface area (Å²) >= 11 is 1.22. The van der Waals surface area contributed by atoms with Crippen LogP contribution in [0.15, 0.2) is 57.4 Å². The summed E-state index contributed by atoms with van der Waals surface area (Å²) in [6.45, 7) is 1.32. The number of amides is 1. The molecule has 0 radical (unpaired) electrons. The minimum Gasteiger partial charge on any atom is -0.468 e. The van der Waals surface area contributed by atoms with Crippen molar-refractivity contribution in [1.82, 2.24) is 4.72 Å². The maximum atomic E-state index is 12.4. The quantitative estimate of drug-likeness (QED) is 0.357. The van der Waals surface area contributed by atoms with Gasteiger partial charge in [-0.3, -0.25) is 4.79 Å². The van der Waals surface area contributed by atoms with E-state index >= 15 is 0 Å². The summed E-state index contributed by atoms with van der Waals surface area (Å²) in [4.78, 5) is 37.1. The number of benzene rings is 1. The second kappa shape index (κ2) is 11.1. The second-order valence-corrected chi connectivity index (χ2v) is 10.6. The number of thiophene rings is 1. The summed E-state index contributed by atoms with van der Waals surface area (Å²) in [6, 6.07) is 8.40. The summed E-state index contributed by atoms with van der Waals surface area (Å²) in [5, 5.41) is 4.81. The molecular formula is C24H24N2O8S2. The summed E-state index contributed by atoms with van der Waals surface area (Å²) in [5.41, 5.74) is 1.29. The van der Waals surface area contributed by atoms with Gasteiger partial charge in [0.05, 0.1) is 35.4 Å². The predicted molar refractivity (Wildman–Crippen MR) is 130 cm³/mol. The van der Waals surface area contributed by atoms with Crippen molar-refractivity contribution < 1.29 is 36.7 Å². The Bertz CT molecular complexity index is 1340. The van der Waals surface area contributed by atoms with E-state index in [0.29, 0.717) is 16.3 Å². The van der Waals surface area contributed by atoms with Crippen molar-refractivity contribution in [2.75, 3.05) is 18.5 Å². The van der Waals surface area contributed by atoms with Crippen molar-refractivity contribution >= 4 is 44.2 Å². The first kappa shape index (κ1) is 25.6. The Labute approximate surface area is 211 Å². The first-order valence-corrected chi connectivity index (χ1v) is 13.5. The predicted octanol–water partition coefficient (Wildman–Crippen LogP) is 3.67. The maximum absolute atomic E-state index is 12.4. The highest BCUT2D eigenvalue weighted by atomic mass is 32.2. The number of sulfonamides is 1. The third-order valence-corrected chi connectivity index (χ3v) is 7.65. The monoisotopic (exact) mass is 532 g/mol. The van der Waals surface area contributed by atoms with Gasteiger partial charge in [0.1, 0.15) is 10.8 Å². The molecule has 1 saturated carbocycles.